The molecule has 0 fully saturated rings. The van der Waals surface area contributed by atoms with Gasteiger partial charge in [0.2, 0.25) is 4.32 Å². The molecule has 0 bridgehead atoms. The summed E-state index contributed by atoms with van der Waals surface area (Å²) in [5.74, 6) is 1.19. The number of rotatable bonds is 6. The molecule has 7 heteroatoms. The first-order valence-electron chi connectivity index (χ1n) is 8.64. The molecule has 0 N–H and O–H groups in total. The molecule has 0 saturated carbocycles. The van der Waals surface area contributed by atoms with Crippen molar-refractivity contribution < 1.29 is 14.3 Å². The minimum Gasteiger partial charge on any atom is -0.467 e. The maximum atomic E-state index is 13.8. The van der Waals surface area contributed by atoms with E-state index >= 15 is 0 Å². The zero-order valence-corrected chi connectivity index (χ0v) is 19.3. The summed E-state index contributed by atoms with van der Waals surface area (Å²) < 4.78 is 3.18. The number of hydrogen-bond acceptors (Lipinski definition) is 3. The van der Waals surface area contributed by atoms with Crippen LogP contribution >= 0.6 is 39.1 Å². The van der Waals surface area contributed by atoms with Gasteiger partial charge in [0, 0.05) is 10.0 Å². The Hall–Kier alpha value is -2.00. The Balaban J connectivity index is 2.64. The third-order valence-corrected chi connectivity index (χ3v) is 6.23. The molecule has 0 aliphatic rings. The Labute approximate surface area is 189 Å². The van der Waals surface area contributed by atoms with Gasteiger partial charge in [-0.3, -0.25) is 4.79 Å². The minimum absolute atomic E-state index is 0.0485. The van der Waals surface area contributed by atoms with E-state index in [2.05, 4.69) is 21.9 Å². The summed E-state index contributed by atoms with van der Waals surface area (Å²) in [5.41, 5.74) is 0.171. The predicted molar refractivity (Wildman–Crippen MR) is 119 cm³/mol. The van der Waals surface area contributed by atoms with Gasteiger partial charge in [0.25, 0.3) is 5.91 Å². The highest BCUT2D eigenvalue weighted by molar-refractivity contribution is 9.10. The van der Waals surface area contributed by atoms with Crippen LogP contribution < -0.4 is 0 Å². The first-order chi connectivity index (χ1) is 13.6. The van der Waals surface area contributed by atoms with Crippen molar-refractivity contribution in [2.75, 3.05) is 13.7 Å². The number of ether oxygens (including phenoxy) is 1. The third kappa shape index (κ3) is 4.61. The zero-order chi connectivity index (χ0) is 21.8. The first-order valence-corrected chi connectivity index (χ1v) is 10.2. The molecule has 2 aromatic carbocycles. The molecule has 2 rings (SSSR count). The van der Waals surface area contributed by atoms with Crippen molar-refractivity contribution in [2.24, 2.45) is 0 Å². The Kier molecular flexibility index (Phi) is 7.40. The van der Waals surface area contributed by atoms with Crippen molar-refractivity contribution in [3.8, 4) is 12.3 Å². The maximum Gasteiger partial charge on any atom is 0.336 e. The van der Waals surface area contributed by atoms with Crippen LogP contribution in [0.15, 0.2) is 48.5 Å². The summed E-state index contributed by atoms with van der Waals surface area (Å²) in [6, 6.07) is 13.6. The molecule has 0 aliphatic heterocycles. The lowest BCUT2D eigenvalue weighted by molar-refractivity contribution is -0.153. The number of carbonyl (C=O) groups is 2. The highest BCUT2D eigenvalue weighted by Crippen LogP contribution is 2.40. The van der Waals surface area contributed by atoms with Gasteiger partial charge in [-0.1, -0.05) is 75.4 Å². The Morgan fingerprint density at radius 3 is 2.14 bits per heavy atom. The SMILES string of the molecule is C#CCN(C(=O)C(Br)(C(=O)OC)c1ccccc1)C(C)(C)c1cc(Cl)cc(Cl)c1. The highest BCUT2D eigenvalue weighted by atomic mass is 79.9. The number of nitrogens with zero attached hydrogens (tertiary/aromatic N) is 1. The number of terminal acetylenes is 1. The fourth-order valence-electron chi connectivity index (χ4n) is 3.00. The fraction of sp³-hybridized carbons (Fsp3) is 0.273. The summed E-state index contributed by atoms with van der Waals surface area (Å²) in [6.07, 6.45) is 5.56. The van der Waals surface area contributed by atoms with Crippen LogP contribution in [0.5, 0.6) is 0 Å². The number of alkyl halides is 1. The van der Waals surface area contributed by atoms with Gasteiger partial charge in [-0.05, 0) is 43.2 Å². The van der Waals surface area contributed by atoms with Gasteiger partial charge in [-0.25, -0.2) is 4.79 Å². The molecule has 0 aliphatic carbocycles. The number of methoxy groups -OCH3 is 1. The molecule has 0 aromatic heterocycles. The second-order valence-electron chi connectivity index (χ2n) is 6.83. The molecule has 0 saturated heterocycles. The van der Waals surface area contributed by atoms with E-state index in [1.807, 2.05) is 0 Å². The standard InChI is InChI=1S/C22H20BrCl2NO3/c1-5-11-26(21(2,3)16-12-17(24)14-18(25)13-16)19(27)22(23,20(28)29-4)15-9-7-6-8-10-15/h1,6-10,12-14H,11H2,2-4H3. The molecular weight excluding hydrogens is 477 g/mol. The van der Waals surface area contributed by atoms with E-state index < -0.39 is 21.7 Å². The molecule has 0 heterocycles. The van der Waals surface area contributed by atoms with Crippen molar-refractivity contribution >= 4 is 51.0 Å². The second-order valence-corrected chi connectivity index (χ2v) is 8.89. The number of esters is 1. The van der Waals surface area contributed by atoms with Crippen molar-refractivity contribution in [3.05, 3.63) is 69.7 Å². The molecular formula is C22H20BrCl2NO3. The monoisotopic (exact) mass is 495 g/mol. The van der Waals surface area contributed by atoms with Gasteiger partial charge >= 0.3 is 5.97 Å². The lowest BCUT2D eigenvalue weighted by atomic mass is 9.89. The van der Waals surface area contributed by atoms with Crippen LogP contribution in [0.1, 0.15) is 25.0 Å². The summed E-state index contributed by atoms with van der Waals surface area (Å²) in [6.45, 7) is 3.56. The van der Waals surface area contributed by atoms with Crippen LogP contribution in [0.4, 0.5) is 0 Å². The summed E-state index contributed by atoms with van der Waals surface area (Å²) in [7, 11) is 1.22. The average molecular weight is 497 g/mol. The molecule has 1 unspecified atom stereocenters. The van der Waals surface area contributed by atoms with Gasteiger partial charge in [0.1, 0.15) is 0 Å². The summed E-state index contributed by atoms with van der Waals surface area (Å²) >= 11 is 15.7. The van der Waals surface area contributed by atoms with Gasteiger partial charge in [0.05, 0.1) is 19.2 Å². The third-order valence-electron chi connectivity index (χ3n) is 4.67. The van der Waals surface area contributed by atoms with Gasteiger partial charge < -0.3 is 9.64 Å². The van der Waals surface area contributed by atoms with Crippen molar-refractivity contribution in [3.63, 3.8) is 0 Å². The molecule has 1 amide bonds. The normalized spacial score (nSPS) is 13.1. The van der Waals surface area contributed by atoms with Crippen LogP contribution in [0.3, 0.4) is 0 Å². The van der Waals surface area contributed by atoms with Crippen LogP contribution in [0.2, 0.25) is 10.0 Å². The van der Waals surface area contributed by atoms with Crippen LogP contribution in [0, 0.1) is 12.3 Å². The van der Waals surface area contributed by atoms with Gasteiger partial charge in [0.15, 0.2) is 0 Å². The maximum absolute atomic E-state index is 13.8. The van der Waals surface area contributed by atoms with E-state index in [1.54, 1.807) is 62.4 Å². The first kappa shape index (κ1) is 23.3. The quantitative estimate of drug-likeness (QED) is 0.240. The van der Waals surface area contributed by atoms with Gasteiger partial charge in [-0.15, -0.1) is 6.42 Å². The smallest absolute Gasteiger partial charge is 0.336 e. The number of amides is 1. The predicted octanol–water partition coefficient (Wildman–Crippen LogP) is 5.15. The zero-order valence-electron chi connectivity index (χ0n) is 16.2. The summed E-state index contributed by atoms with van der Waals surface area (Å²) in [4.78, 5) is 27.9. The number of hydrogen-bond donors (Lipinski definition) is 0. The highest BCUT2D eigenvalue weighted by Gasteiger charge is 2.51. The molecule has 2 aromatic rings. The lowest BCUT2D eigenvalue weighted by Crippen LogP contribution is -2.55. The summed E-state index contributed by atoms with van der Waals surface area (Å²) in [5, 5.41) is 0.852. The number of carbonyl (C=O) groups excluding carboxylic acids is 2. The molecule has 4 nitrogen and oxygen atoms in total. The van der Waals surface area contributed by atoms with Crippen molar-refractivity contribution in [1.29, 1.82) is 0 Å². The lowest BCUT2D eigenvalue weighted by Gasteiger charge is -2.41. The molecule has 152 valence electrons. The van der Waals surface area contributed by atoms with Crippen molar-refractivity contribution in [1.82, 2.24) is 4.90 Å². The second kappa shape index (κ2) is 9.21. The fourth-order valence-corrected chi connectivity index (χ4v) is 4.17. The van der Waals surface area contributed by atoms with E-state index in [0.29, 0.717) is 21.2 Å². The average Bonchev–Trinajstić information content (AvgIpc) is 2.70. The Morgan fingerprint density at radius 2 is 1.66 bits per heavy atom. The van der Waals surface area contributed by atoms with Crippen molar-refractivity contribution in [2.45, 2.75) is 23.7 Å². The van der Waals surface area contributed by atoms with E-state index in [9.17, 15) is 9.59 Å². The minimum atomic E-state index is -1.76. The molecule has 0 spiro atoms. The van der Waals surface area contributed by atoms with Crippen LogP contribution in [-0.2, 0) is 24.2 Å². The Morgan fingerprint density at radius 1 is 1.10 bits per heavy atom. The van der Waals surface area contributed by atoms with Gasteiger partial charge in [-0.2, -0.15) is 0 Å². The molecule has 1 atom stereocenters. The van der Waals surface area contributed by atoms with E-state index in [4.69, 9.17) is 34.4 Å². The molecule has 0 radical (unpaired) electrons. The van der Waals surface area contributed by atoms with E-state index in [-0.39, 0.29) is 6.54 Å². The number of benzene rings is 2. The van der Waals surface area contributed by atoms with E-state index in [0.717, 1.165) is 0 Å². The molecule has 29 heavy (non-hydrogen) atoms. The number of halogens is 3. The van der Waals surface area contributed by atoms with Crippen LogP contribution in [-0.4, -0.2) is 30.4 Å². The Bertz CT molecular complexity index is 936. The van der Waals surface area contributed by atoms with Crippen LogP contribution in [0.25, 0.3) is 0 Å². The van der Waals surface area contributed by atoms with E-state index in [1.165, 1.54) is 12.0 Å². The largest absolute Gasteiger partial charge is 0.467 e. The topological polar surface area (TPSA) is 46.6 Å².